The Hall–Kier alpha value is -2.03. The monoisotopic (exact) mass is 199 g/mol. The number of benzene rings is 1. The van der Waals surface area contributed by atoms with Crippen molar-refractivity contribution < 1.29 is 0 Å². The minimum Gasteiger partial charge on any atom is -0.396 e. The van der Waals surface area contributed by atoms with Gasteiger partial charge < -0.3 is 10.3 Å². The number of hydrogen-bond donors (Lipinski definition) is 2. The van der Waals surface area contributed by atoms with Crippen molar-refractivity contribution in [1.82, 2.24) is 4.57 Å². The number of pyridine rings is 1. The zero-order valence-corrected chi connectivity index (χ0v) is 8.35. The molecule has 1 heterocycles. The molecule has 1 aromatic heterocycles. The van der Waals surface area contributed by atoms with E-state index in [4.69, 9.17) is 11.1 Å². The predicted molar refractivity (Wildman–Crippen MR) is 60.2 cm³/mol. The van der Waals surface area contributed by atoms with Crippen molar-refractivity contribution in [2.45, 2.75) is 6.54 Å². The van der Waals surface area contributed by atoms with Gasteiger partial charge in [-0.2, -0.15) is 0 Å². The van der Waals surface area contributed by atoms with E-state index in [2.05, 4.69) is 12.1 Å². The van der Waals surface area contributed by atoms with Gasteiger partial charge in [-0.15, -0.1) is 0 Å². The van der Waals surface area contributed by atoms with E-state index in [-0.39, 0.29) is 0 Å². The van der Waals surface area contributed by atoms with E-state index in [1.165, 1.54) is 5.56 Å². The van der Waals surface area contributed by atoms with E-state index in [1.54, 1.807) is 12.3 Å². The van der Waals surface area contributed by atoms with Gasteiger partial charge in [-0.1, -0.05) is 30.3 Å². The van der Waals surface area contributed by atoms with Gasteiger partial charge in [0.15, 0.2) is 0 Å². The highest BCUT2D eigenvalue weighted by Crippen LogP contribution is 2.02. The first-order valence-corrected chi connectivity index (χ1v) is 4.80. The summed E-state index contributed by atoms with van der Waals surface area (Å²) >= 11 is 0. The fourth-order valence-corrected chi connectivity index (χ4v) is 1.45. The maximum atomic E-state index is 7.46. The molecular formula is C12H13N3. The second-order valence-corrected chi connectivity index (χ2v) is 3.47. The average molecular weight is 199 g/mol. The van der Waals surface area contributed by atoms with Gasteiger partial charge in [0.2, 0.25) is 0 Å². The fourth-order valence-electron chi connectivity index (χ4n) is 1.45. The molecule has 0 atom stereocenters. The van der Waals surface area contributed by atoms with E-state index in [0.29, 0.717) is 11.0 Å². The molecule has 0 aliphatic carbocycles. The van der Waals surface area contributed by atoms with E-state index in [9.17, 15) is 0 Å². The molecule has 2 rings (SSSR count). The molecule has 0 unspecified atom stereocenters. The highest BCUT2D eigenvalue weighted by atomic mass is 14.9. The SMILES string of the molecule is N=c1ccn(Cc2ccccc2)cc1N. The smallest absolute Gasteiger partial charge is 0.0798 e. The Morgan fingerprint density at radius 2 is 1.87 bits per heavy atom. The third-order valence-corrected chi connectivity index (χ3v) is 2.26. The minimum atomic E-state index is 0.374. The number of aromatic nitrogens is 1. The van der Waals surface area contributed by atoms with Crippen LogP contribution in [0.3, 0.4) is 0 Å². The van der Waals surface area contributed by atoms with E-state index in [0.717, 1.165) is 6.54 Å². The second kappa shape index (κ2) is 4.00. The number of rotatable bonds is 2. The summed E-state index contributed by atoms with van der Waals surface area (Å²) in [7, 11) is 0. The fraction of sp³-hybridized carbons (Fsp3) is 0.0833. The number of anilines is 1. The molecule has 3 heteroatoms. The third-order valence-electron chi connectivity index (χ3n) is 2.26. The van der Waals surface area contributed by atoms with Crippen LogP contribution in [0.15, 0.2) is 48.8 Å². The molecule has 0 aliphatic rings. The first-order chi connectivity index (χ1) is 7.25. The van der Waals surface area contributed by atoms with Crippen LogP contribution in [0.2, 0.25) is 0 Å². The van der Waals surface area contributed by atoms with Gasteiger partial charge >= 0.3 is 0 Å². The average Bonchev–Trinajstić information content (AvgIpc) is 2.25. The highest BCUT2D eigenvalue weighted by Gasteiger charge is 1.94. The molecule has 0 radical (unpaired) electrons. The molecule has 2 aromatic rings. The van der Waals surface area contributed by atoms with Gasteiger partial charge in [-0.3, -0.25) is 5.41 Å². The molecule has 0 aliphatic heterocycles. The Labute approximate surface area is 88.3 Å². The van der Waals surface area contributed by atoms with Gasteiger partial charge in [-0.25, -0.2) is 0 Å². The standard InChI is InChI=1S/C12H13N3/c13-11-6-7-15(9-12(11)14)8-10-4-2-1-3-5-10/h1-7,9,13H,8,14H2. The van der Waals surface area contributed by atoms with Gasteiger partial charge in [0.1, 0.15) is 0 Å². The summed E-state index contributed by atoms with van der Waals surface area (Å²) in [5.41, 5.74) is 7.40. The molecule has 0 amide bonds. The Morgan fingerprint density at radius 1 is 1.13 bits per heavy atom. The van der Waals surface area contributed by atoms with Crippen LogP contribution in [-0.4, -0.2) is 4.57 Å². The molecule has 0 fully saturated rings. The van der Waals surface area contributed by atoms with E-state index >= 15 is 0 Å². The normalized spacial score (nSPS) is 10.1. The highest BCUT2D eigenvalue weighted by molar-refractivity contribution is 5.32. The van der Waals surface area contributed by atoms with E-state index < -0.39 is 0 Å². The molecule has 3 nitrogen and oxygen atoms in total. The van der Waals surface area contributed by atoms with Crippen molar-refractivity contribution in [3.8, 4) is 0 Å². The number of nitrogens with zero attached hydrogens (tertiary/aromatic N) is 1. The van der Waals surface area contributed by atoms with Crippen LogP contribution in [-0.2, 0) is 6.54 Å². The largest absolute Gasteiger partial charge is 0.396 e. The topological polar surface area (TPSA) is 54.8 Å². The molecule has 0 saturated heterocycles. The van der Waals surface area contributed by atoms with Gasteiger partial charge in [0.25, 0.3) is 0 Å². The number of nitrogens with two attached hydrogens (primary N) is 1. The Balaban J connectivity index is 2.26. The summed E-state index contributed by atoms with van der Waals surface area (Å²) in [5.74, 6) is 0. The summed E-state index contributed by atoms with van der Waals surface area (Å²) in [6.45, 7) is 0.783. The quantitative estimate of drug-likeness (QED) is 0.758. The first-order valence-electron chi connectivity index (χ1n) is 4.80. The summed E-state index contributed by atoms with van der Waals surface area (Å²) in [4.78, 5) is 0. The minimum absolute atomic E-state index is 0.374. The lowest BCUT2D eigenvalue weighted by Gasteiger charge is -2.07. The lowest BCUT2D eigenvalue weighted by molar-refractivity contribution is 0.789. The summed E-state index contributed by atoms with van der Waals surface area (Å²) in [5, 5.41) is 7.83. The maximum absolute atomic E-state index is 7.46. The Bertz CT molecular complexity index is 500. The molecule has 0 saturated carbocycles. The van der Waals surface area contributed by atoms with Crippen LogP contribution >= 0.6 is 0 Å². The van der Waals surface area contributed by atoms with Crippen LogP contribution in [0.5, 0.6) is 0 Å². The molecule has 0 bridgehead atoms. The zero-order valence-electron chi connectivity index (χ0n) is 8.35. The lowest BCUT2D eigenvalue weighted by Crippen LogP contribution is -2.11. The number of hydrogen-bond acceptors (Lipinski definition) is 2. The Kier molecular flexibility index (Phi) is 2.54. The summed E-state index contributed by atoms with van der Waals surface area (Å²) in [6, 6.07) is 11.9. The number of nitrogen functional groups attached to an aromatic ring is 1. The van der Waals surface area contributed by atoms with Crippen LogP contribution in [0.4, 0.5) is 5.69 Å². The maximum Gasteiger partial charge on any atom is 0.0798 e. The van der Waals surface area contributed by atoms with Crippen LogP contribution in [0.1, 0.15) is 5.56 Å². The van der Waals surface area contributed by atoms with Crippen molar-refractivity contribution in [3.63, 3.8) is 0 Å². The number of nitrogens with one attached hydrogen (secondary N) is 1. The third kappa shape index (κ3) is 2.26. The molecule has 3 N–H and O–H groups in total. The molecular weight excluding hydrogens is 186 g/mol. The predicted octanol–water partition coefficient (Wildman–Crippen LogP) is 1.60. The van der Waals surface area contributed by atoms with Gasteiger partial charge in [-0.05, 0) is 11.6 Å². The second-order valence-electron chi connectivity index (χ2n) is 3.47. The van der Waals surface area contributed by atoms with Crippen molar-refractivity contribution in [2.75, 3.05) is 5.73 Å². The van der Waals surface area contributed by atoms with Crippen molar-refractivity contribution in [1.29, 1.82) is 5.41 Å². The van der Waals surface area contributed by atoms with Crippen LogP contribution < -0.4 is 11.1 Å². The van der Waals surface area contributed by atoms with Crippen molar-refractivity contribution in [2.24, 2.45) is 0 Å². The Morgan fingerprint density at radius 3 is 2.53 bits per heavy atom. The van der Waals surface area contributed by atoms with Gasteiger partial charge in [0.05, 0.1) is 11.0 Å². The summed E-state index contributed by atoms with van der Waals surface area (Å²) < 4.78 is 1.97. The molecule has 15 heavy (non-hydrogen) atoms. The van der Waals surface area contributed by atoms with Crippen LogP contribution in [0.25, 0.3) is 0 Å². The lowest BCUT2D eigenvalue weighted by atomic mass is 10.2. The summed E-state index contributed by atoms with van der Waals surface area (Å²) in [6.07, 6.45) is 3.65. The van der Waals surface area contributed by atoms with Crippen LogP contribution in [0, 0.1) is 5.41 Å². The molecule has 1 aromatic carbocycles. The van der Waals surface area contributed by atoms with E-state index in [1.807, 2.05) is 29.0 Å². The van der Waals surface area contributed by atoms with Crippen molar-refractivity contribution in [3.05, 3.63) is 59.7 Å². The first kappa shape index (κ1) is 9.52. The van der Waals surface area contributed by atoms with Crippen molar-refractivity contribution >= 4 is 5.69 Å². The molecule has 0 spiro atoms. The van der Waals surface area contributed by atoms with Gasteiger partial charge in [0, 0.05) is 18.9 Å². The molecule has 76 valence electrons. The zero-order chi connectivity index (χ0) is 10.7.